The van der Waals surface area contributed by atoms with Crippen LogP contribution in [0, 0.1) is 17.1 Å². The first-order chi connectivity index (χ1) is 7.19. The molecule has 1 saturated carbocycles. The molecule has 0 bridgehead atoms. The van der Waals surface area contributed by atoms with Crippen LogP contribution >= 0.6 is 11.6 Å². The molecule has 0 saturated heterocycles. The molecule has 4 heteroatoms. The van der Waals surface area contributed by atoms with Crippen molar-refractivity contribution in [2.75, 3.05) is 0 Å². The third-order valence-electron chi connectivity index (χ3n) is 2.33. The van der Waals surface area contributed by atoms with Gasteiger partial charge in [0.15, 0.2) is 0 Å². The maximum Gasteiger partial charge on any atom is 0.125 e. The molecular formula is C11H10ClFN2. The predicted octanol–water partition coefficient (Wildman–Crippen LogP) is 2.80. The minimum atomic E-state index is -0.467. The zero-order valence-electron chi connectivity index (χ0n) is 8.00. The van der Waals surface area contributed by atoms with Gasteiger partial charge in [0.1, 0.15) is 11.9 Å². The molecule has 1 aromatic rings. The summed E-state index contributed by atoms with van der Waals surface area (Å²) in [5, 5.41) is 12.4. The summed E-state index contributed by atoms with van der Waals surface area (Å²) >= 11 is 5.73. The SMILES string of the molecule is N#CC(NC1CC1)c1cc(F)cc(Cl)c1. The lowest BCUT2D eigenvalue weighted by Gasteiger charge is -2.11. The summed E-state index contributed by atoms with van der Waals surface area (Å²) < 4.78 is 13.1. The van der Waals surface area contributed by atoms with E-state index in [9.17, 15) is 4.39 Å². The average molecular weight is 225 g/mol. The standard InChI is InChI=1S/C11H10ClFN2/c12-8-3-7(4-9(13)5-8)11(6-14)15-10-1-2-10/h3-5,10-11,15H,1-2H2. The fourth-order valence-corrected chi connectivity index (χ4v) is 1.67. The van der Waals surface area contributed by atoms with Crippen LogP contribution in [0.4, 0.5) is 4.39 Å². The Hall–Kier alpha value is -1.11. The molecule has 0 aromatic heterocycles. The highest BCUT2D eigenvalue weighted by atomic mass is 35.5. The molecule has 1 aliphatic carbocycles. The molecule has 0 heterocycles. The molecule has 2 nitrogen and oxygen atoms in total. The van der Waals surface area contributed by atoms with Crippen LogP contribution in [-0.4, -0.2) is 6.04 Å². The molecule has 1 N–H and O–H groups in total. The van der Waals surface area contributed by atoms with Crippen molar-refractivity contribution in [2.45, 2.75) is 24.9 Å². The molecule has 2 rings (SSSR count). The number of rotatable bonds is 3. The summed E-state index contributed by atoms with van der Waals surface area (Å²) in [6.45, 7) is 0. The van der Waals surface area contributed by atoms with E-state index in [0.29, 0.717) is 16.6 Å². The van der Waals surface area contributed by atoms with Gasteiger partial charge in [0.25, 0.3) is 0 Å². The summed E-state index contributed by atoms with van der Waals surface area (Å²) in [7, 11) is 0. The summed E-state index contributed by atoms with van der Waals surface area (Å²) in [6, 6.07) is 6.23. The maximum absolute atomic E-state index is 13.1. The molecule has 15 heavy (non-hydrogen) atoms. The van der Waals surface area contributed by atoms with Crippen LogP contribution in [0.2, 0.25) is 5.02 Å². The number of nitriles is 1. The molecule has 1 atom stereocenters. The van der Waals surface area contributed by atoms with E-state index in [-0.39, 0.29) is 0 Å². The molecule has 1 aromatic carbocycles. The van der Waals surface area contributed by atoms with Crippen molar-refractivity contribution in [2.24, 2.45) is 0 Å². The first-order valence-corrected chi connectivity index (χ1v) is 5.18. The summed E-state index contributed by atoms with van der Waals surface area (Å²) in [5.74, 6) is -0.407. The normalized spacial score (nSPS) is 17.1. The van der Waals surface area contributed by atoms with Crippen molar-refractivity contribution in [3.8, 4) is 6.07 Å². The van der Waals surface area contributed by atoms with Gasteiger partial charge in [0, 0.05) is 11.1 Å². The van der Waals surface area contributed by atoms with Gasteiger partial charge in [-0.1, -0.05) is 11.6 Å². The van der Waals surface area contributed by atoms with Crippen LogP contribution in [0.15, 0.2) is 18.2 Å². The second-order valence-corrected chi connectivity index (χ2v) is 4.14. The Labute approximate surface area is 92.7 Å². The number of benzene rings is 1. The van der Waals surface area contributed by atoms with Crippen LogP contribution in [-0.2, 0) is 0 Å². The largest absolute Gasteiger partial charge is 0.295 e. The lowest BCUT2D eigenvalue weighted by atomic mass is 10.1. The van der Waals surface area contributed by atoms with Crippen LogP contribution < -0.4 is 5.32 Å². The van der Waals surface area contributed by atoms with Crippen molar-refractivity contribution < 1.29 is 4.39 Å². The van der Waals surface area contributed by atoms with Crippen molar-refractivity contribution in [3.05, 3.63) is 34.6 Å². The number of halogens is 2. The summed E-state index contributed by atoms with van der Waals surface area (Å²) in [4.78, 5) is 0. The quantitative estimate of drug-likeness (QED) is 0.857. The second kappa shape index (κ2) is 4.18. The van der Waals surface area contributed by atoms with Gasteiger partial charge in [0.05, 0.1) is 6.07 Å². The number of hydrogen-bond donors (Lipinski definition) is 1. The number of hydrogen-bond acceptors (Lipinski definition) is 2. The Morgan fingerprint density at radius 3 is 2.73 bits per heavy atom. The van der Waals surface area contributed by atoms with E-state index in [1.165, 1.54) is 12.1 Å². The monoisotopic (exact) mass is 224 g/mol. The maximum atomic E-state index is 13.1. The molecule has 1 fully saturated rings. The molecule has 0 amide bonds. The topological polar surface area (TPSA) is 35.8 Å². The van der Waals surface area contributed by atoms with Crippen molar-refractivity contribution in [1.82, 2.24) is 5.32 Å². The zero-order chi connectivity index (χ0) is 10.8. The van der Waals surface area contributed by atoms with Crippen LogP contribution in [0.25, 0.3) is 0 Å². The molecule has 0 aliphatic heterocycles. The van der Waals surface area contributed by atoms with E-state index in [0.717, 1.165) is 12.8 Å². The van der Waals surface area contributed by atoms with Crippen molar-refractivity contribution in [3.63, 3.8) is 0 Å². The van der Waals surface area contributed by atoms with Gasteiger partial charge in [-0.25, -0.2) is 4.39 Å². The fourth-order valence-electron chi connectivity index (χ4n) is 1.44. The lowest BCUT2D eigenvalue weighted by Crippen LogP contribution is -2.22. The van der Waals surface area contributed by atoms with Gasteiger partial charge in [-0.3, -0.25) is 5.32 Å². The Morgan fingerprint density at radius 2 is 2.20 bits per heavy atom. The molecule has 1 aliphatic rings. The van der Waals surface area contributed by atoms with Gasteiger partial charge in [-0.05, 0) is 36.6 Å². The van der Waals surface area contributed by atoms with Crippen LogP contribution in [0.5, 0.6) is 0 Å². The van der Waals surface area contributed by atoms with Crippen molar-refractivity contribution >= 4 is 11.6 Å². The Bertz CT molecular complexity index is 389. The van der Waals surface area contributed by atoms with E-state index in [2.05, 4.69) is 11.4 Å². The summed E-state index contributed by atoms with van der Waals surface area (Å²) in [5.41, 5.74) is 0.592. The van der Waals surface area contributed by atoms with E-state index in [1.54, 1.807) is 6.07 Å². The number of nitrogens with one attached hydrogen (secondary N) is 1. The minimum absolute atomic E-state index is 0.322. The molecule has 1 unspecified atom stereocenters. The van der Waals surface area contributed by atoms with E-state index >= 15 is 0 Å². The number of nitrogens with zero attached hydrogens (tertiary/aromatic N) is 1. The van der Waals surface area contributed by atoms with E-state index < -0.39 is 11.9 Å². The van der Waals surface area contributed by atoms with Gasteiger partial charge < -0.3 is 0 Å². The molecule has 78 valence electrons. The van der Waals surface area contributed by atoms with E-state index in [1.807, 2.05) is 0 Å². The van der Waals surface area contributed by atoms with Crippen molar-refractivity contribution in [1.29, 1.82) is 5.26 Å². The van der Waals surface area contributed by atoms with Gasteiger partial charge in [-0.15, -0.1) is 0 Å². The second-order valence-electron chi connectivity index (χ2n) is 3.71. The predicted molar refractivity (Wildman–Crippen MR) is 55.9 cm³/mol. The molecular weight excluding hydrogens is 215 g/mol. The fraction of sp³-hybridized carbons (Fsp3) is 0.364. The smallest absolute Gasteiger partial charge is 0.125 e. The Kier molecular flexibility index (Phi) is 2.90. The highest BCUT2D eigenvalue weighted by Crippen LogP contribution is 2.25. The molecule has 0 radical (unpaired) electrons. The average Bonchev–Trinajstić information content (AvgIpc) is 2.96. The third-order valence-corrected chi connectivity index (χ3v) is 2.55. The Morgan fingerprint density at radius 1 is 1.47 bits per heavy atom. The first-order valence-electron chi connectivity index (χ1n) is 4.80. The third kappa shape index (κ3) is 2.68. The summed E-state index contributed by atoms with van der Waals surface area (Å²) in [6.07, 6.45) is 2.17. The van der Waals surface area contributed by atoms with Crippen LogP contribution in [0.3, 0.4) is 0 Å². The van der Waals surface area contributed by atoms with Gasteiger partial charge in [0.2, 0.25) is 0 Å². The lowest BCUT2D eigenvalue weighted by molar-refractivity contribution is 0.602. The highest BCUT2D eigenvalue weighted by Gasteiger charge is 2.25. The first kappa shape index (κ1) is 10.4. The zero-order valence-corrected chi connectivity index (χ0v) is 8.76. The Balaban J connectivity index is 2.21. The minimum Gasteiger partial charge on any atom is -0.295 e. The van der Waals surface area contributed by atoms with Gasteiger partial charge >= 0.3 is 0 Å². The molecule has 0 spiro atoms. The van der Waals surface area contributed by atoms with Gasteiger partial charge in [-0.2, -0.15) is 5.26 Å². The highest BCUT2D eigenvalue weighted by molar-refractivity contribution is 6.30. The van der Waals surface area contributed by atoms with E-state index in [4.69, 9.17) is 16.9 Å². The van der Waals surface area contributed by atoms with Crippen LogP contribution in [0.1, 0.15) is 24.4 Å².